The van der Waals surface area contributed by atoms with E-state index in [-0.39, 0.29) is 0 Å². The number of hydrogen-bond donors (Lipinski definition) is 6. The maximum atomic E-state index is 11.9. The second-order valence-corrected chi connectivity index (χ2v) is 8.41. The summed E-state index contributed by atoms with van der Waals surface area (Å²) in [4.78, 5) is 51.6. The van der Waals surface area contributed by atoms with Crippen molar-refractivity contribution in [3.8, 4) is 12.3 Å². The van der Waals surface area contributed by atoms with E-state index < -0.39 is 64.3 Å². The van der Waals surface area contributed by atoms with Gasteiger partial charge in [0, 0.05) is 12.3 Å². The van der Waals surface area contributed by atoms with Crippen molar-refractivity contribution < 1.29 is 52.3 Å². The third kappa shape index (κ3) is 5.70. The Kier molecular flexibility index (Phi) is 7.01. The second-order valence-electron chi connectivity index (χ2n) is 5.58. The lowest BCUT2D eigenvalue weighted by Gasteiger charge is -2.31. The highest BCUT2D eigenvalue weighted by atomic mass is 31.3. The molecule has 1 aliphatic rings. The molecule has 0 bridgehead atoms. The summed E-state index contributed by atoms with van der Waals surface area (Å²) in [7, 11) is -10.8. The quantitative estimate of drug-likeness (QED) is 0.173. The van der Waals surface area contributed by atoms with Crippen molar-refractivity contribution in [2.45, 2.75) is 24.2 Å². The Bertz CT molecular complexity index is 992. The fourth-order valence-corrected chi connectivity index (χ4v) is 3.99. The van der Waals surface area contributed by atoms with Gasteiger partial charge in [0.15, 0.2) is 6.23 Å². The van der Waals surface area contributed by atoms with Gasteiger partial charge in [0.2, 0.25) is 5.79 Å². The van der Waals surface area contributed by atoms with E-state index in [4.69, 9.17) is 25.7 Å². The van der Waals surface area contributed by atoms with Crippen LogP contribution in [0.3, 0.4) is 0 Å². The predicted octanol–water partition coefficient (Wildman–Crippen LogP) is -2.64. The van der Waals surface area contributed by atoms with Crippen LogP contribution in [0.15, 0.2) is 21.9 Å². The van der Waals surface area contributed by atoms with Crippen molar-refractivity contribution in [3.63, 3.8) is 0 Å². The predicted molar refractivity (Wildman–Crippen MR) is 89.9 cm³/mol. The summed E-state index contributed by atoms with van der Waals surface area (Å²) in [6.45, 7) is -1.79. The van der Waals surface area contributed by atoms with E-state index in [1.54, 1.807) is 0 Å². The van der Waals surface area contributed by atoms with Gasteiger partial charge in [0.05, 0.1) is 0 Å². The van der Waals surface area contributed by atoms with Crippen LogP contribution < -0.4 is 11.2 Å². The summed E-state index contributed by atoms with van der Waals surface area (Å²) in [6, 6.07) is 0.915. The van der Waals surface area contributed by atoms with E-state index in [0.717, 1.165) is 12.3 Å². The van der Waals surface area contributed by atoms with E-state index in [9.17, 15) is 33.8 Å². The van der Waals surface area contributed by atoms with Crippen LogP contribution >= 0.6 is 15.6 Å². The number of rotatable bonds is 8. The van der Waals surface area contributed by atoms with Crippen LogP contribution in [0.2, 0.25) is 0 Å². The minimum atomic E-state index is -5.43. The molecule has 162 valence electrons. The summed E-state index contributed by atoms with van der Waals surface area (Å²) < 4.78 is 41.5. The first-order valence-electron chi connectivity index (χ1n) is 7.47. The van der Waals surface area contributed by atoms with Gasteiger partial charge in [-0.1, -0.05) is 5.92 Å². The van der Waals surface area contributed by atoms with Crippen molar-refractivity contribution in [3.05, 3.63) is 33.1 Å². The number of hydrogen-bond acceptors (Lipinski definition) is 10. The van der Waals surface area contributed by atoms with Gasteiger partial charge in [0.1, 0.15) is 25.4 Å². The fourth-order valence-electron chi connectivity index (χ4n) is 2.38. The van der Waals surface area contributed by atoms with Crippen LogP contribution in [0.25, 0.3) is 0 Å². The number of phosphoric acid groups is 2. The highest BCUT2D eigenvalue weighted by Crippen LogP contribution is 2.58. The lowest BCUT2D eigenvalue weighted by molar-refractivity contribution is -0.274. The first kappa shape index (κ1) is 23.6. The standard InChI is InChI=1S/C12H16N2O13P2/c1-2-5-24-12(6-25-29(22,23)27-28(19,20)21)9(17)8(16)10(26-12)14-4-3-7(15)13-11(14)18/h1,3-4,8-10,16-17H,5-6H2,(H,22,23)(H,13,15,18)(H2,19,20,21)/t8-,9+,10-,12-/m1/s1. The first-order valence-corrected chi connectivity index (χ1v) is 10.5. The van der Waals surface area contributed by atoms with Gasteiger partial charge in [0.25, 0.3) is 5.56 Å². The zero-order valence-electron chi connectivity index (χ0n) is 14.2. The van der Waals surface area contributed by atoms with E-state index in [0.29, 0.717) is 4.57 Å². The maximum absolute atomic E-state index is 11.9. The van der Waals surface area contributed by atoms with Gasteiger partial charge in [-0.2, -0.15) is 4.31 Å². The normalized spacial score (nSPS) is 29.3. The van der Waals surface area contributed by atoms with E-state index in [1.807, 2.05) is 10.9 Å². The number of phosphoric ester groups is 1. The molecule has 0 radical (unpaired) electrons. The lowest BCUT2D eigenvalue weighted by Crippen LogP contribution is -2.49. The Labute approximate surface area is 161 Å². The van der Waals surface area contributed by atoms with Crippen LogP contribution in [-0.2, 0) is 27.4 Å². The largest absolute Gasteiger partial charge is 0.481 e. The summed E-state index contributed by atoms with van der Waals surface area (Å²) in [5.41, 5.74) is -1.78. The van der Waals surface area contributed by atoms with Crippen molar-refractivity contribution in [1.29, 1.82) is 0 Å². The average molecular weight is 458 g/mol. The van der Waals surface area contributed by atoms with Crippen molar-refractivity contribution in [1.82, 2.24) is 9.55 Å². The van der Waals surface area contributed by atoms with Crippen molar-refractivity contribution in [2.75, 3.05) is 13.2 Å². The van der Waals surface area contributed by atoms with E-state index in [2.05, 4.69) is 8.83 Å². The molecule has 0 aliphatic carbocycles. The molecule has 0 aromatic carbocycles. The molecule has 2 heterocycles. The summed E-state index contributed by atoms with van der Waals surface area (Å²) in [6.07, 6.45) is 0.403. The number of nitrogens with one attached hydrogen (secondary N) is 1. The van der Waals surface area contributed by atoms with Crippen LogP contribution in [0, 0.1) is 12.3 Å². The molecule has 1 aliphatic heterocycles. The molecular formula is C12H16N2O13P2. The highest BCUT2D eigenvalue weighted by Gasteiger charge is 2.57. The van der Waals surface area contributed by atoms with Crippen LogP contribution in [0.4, 0.5) is 0 Å². The molecule has 0 saturated carbocycles. The SMILES string of the molecule is C#CCO[C@]1(COP(=O)(O)OP(=O)(O)O)O[C@@H](n2ccc(=O)[nH]c2=O)[C@H](O)[C@@H]1O. The molecule has 5 atom stereocenters. The summed E-state index contributed by atoms with van der Waals surface area (Å²) in [5, 5.41) is 20.6. The average Bonchev–Trinajstić information content (AvgIpc) is 2.82. The minimum absolute atomic E-state index is 0.574. The van der Waals surface area contributed by atoms with Gasteiger partial charge < -0.3 is 34.4 Å². The Balaban J connectivity index is 2.33. The number of ether oxygens (including phenoxy) is 2. The number of aliphatic hydroxyl groups excluding tert-OH is 2. The number of aromatic nitrogens is 2. The minimum Gasteiger partial charge on any atom is -0.385 e. The maximum Gasteiger partial charge on any atom is 0.481 e. The van der Waals surface area contributed by atoms with Crippen molar-refractivity contribution in [2.24, 2.45) is 0 Å². The number of aliphatic hydroxyl groups is 2. The molecule has 1 aromatic heterocycles. The Morgan fingerprint density at radius 1 is 1.31 bits per heavy atom. The van der Waals surface area contributed by atoms with Crippen LogP contribution in [-0.4, -0.2) is 65.7 Å². The monoisotopic (exact) mass is 458 g/mol. The number of aromatic amines is 1. The Morgan fingerprint density at radius 3 is 2.52 bits per heavy atom. The molecule has 6 N–H and O–H groups in total. The zero-order valence-corrected chi connectivity index (χ0v) is 16.0. The number of terminal acetylenes is 1. The third-order valence-electron chi connectivity index (χ3n) is 3.55. The Morgan fingerprint density at radius 2 is 1.97 bits per heavy atom. The number of nitrogens with zero attached hydrogens (tertiary/aromatic N) is 1. The Hall–Kier alpha value is -1.66. The van der Waals surface area contributed by atoms with E-state index in [1.165, 1.54) is 0 Å². The molecule has 15 nitrogen and oxygen atoms in total. The molecule has 17 heteroatoms. The van der Waals surface area contributed by atoms with Gasteiger partial charge in [-0.05, 0) is 0 Å². The van der Waals surface area contributed by atoms with Crippen LogP contribution in [0.5, 0.6) is 0 Å². The smallest absolute Gasteiger partial charge is 0.385 e. The molecule has 2 rings (SSSR count). The first-order chi connectivity index (χ1) is 13.3. The van der Waals surface area contributed by atoms with Gasteiger partial charge in [-0.3, -0.25) is 18.9 Å². The van der Waals surface area contributed by atoms with Crippen LogP contribution in [0.1, 0.15) is 6.23 Å². The topological polar surface area (TPSA) is 227 Å². The molecule has 29 heavy (non-hydrogen) atoms. The second kappa shape index (κ2) is 8.60. The zero-order chi connectivity index (χ0) is 22.0. The molecule has 1 unspecified atom stereocenters. The summed E-state index contributed by atoms with van der Waals surface area (Å²) in [5.74, 6) is -0.446. The van der Waals surface area contributed by atoms with Gasteiger partial charge in [-0.15, -0.1) is 6.42 Å². The lowest BCUT2D eigenvalue weighted by atomic mass is 10.1. The highest BCUT2D eigenvalue weighted by molar-refractivity contribution is 7.60. The molecule has 1 fully saturated rings. The third-order valence-corrected chi connectivity index (χ3v) is 5.68. The summed E-state index contributed by atoms with van der Waals surface area (Å²) >= 11 is 0. The number of H-pyrrole nitrogens is 1. The molecule has 0 spiro atoms. The molecule has 1 aromatic rings. The fraction of sp³-hybridized carbons (Fsp3) is 0.500. The molecular weight excluding hydrogens is 442 g/mol. The molecule has 0 amide bonds. The van der Waals surface area contributed by atoms with E-state index >= 15 is 0 Å². The van der Waals surface area contributed by atoms with Gasteiger partial charge >= 0.3 is 21.3 Å². The van der Waals surface area contributed by atoms with Gasteiger partial charge in [-0.25, -0.2) is 13.9 Å². The molecule has 1 saturated heterocycles. The van der Waals surface area contributed by atoms with Crippen molar-refractivity contribution >= 4 is 15.6 Å².